The summed E-state index contributed by atoms with van der Waals surface area (Å²) in [6.07, 6.45) is 2.32. The molecule has 3 aliphatic rings. The second-order valence-electron chi connectivity index (χ2n) is 20.4. The SMILES string of the molecule is CC(C)(C)c1ccc2c(c1)B1c3sc4ccc(C(C)(C)C)cc4c3N(c3ccc4c(c3)C(C)(C)CCC4(C)C)c3nc(N(c4ccccc4)c4ccccc4)cc(c31)O2. The number of nitrogens with zero attached hydrogens (tertiary/aromatic N) is 3. The van der Waals surface area contributed by atoms with E-state index in [1.54, 1.807) is 0 Å². The fourth-order valence-electron chi connectivity index (χ4n) is 9.66. The lowest BCUT2D eigenvalue weighted by Crippen LogP contribution is -2.59. The average molecular weight is 792 g/mol. The maximum absolute atomic E-state index is 7.15. The summed E-state index contributed by atoms with van der Waals surface area (Å²) in [6, 6.07) is 44.7. The first-order valence-corrected chi connectivity index (χ1v) is 22.1. The molecule has 6 heteroatoms. The number of fused-ring (bicyclic) bond motifs is 7. The van der Waals surface area contributed by atoms with Gasteiger partial charge in [-0.15, -0.1) is 11.3 Å². The summed E-state index contributed by atoms with van der Waals surface area (Å²) in [6.45, 7) is 23.5. The molecule has 0 saturated heterocycles. The van der Waals surface area contributed by atoms with Gasteiger partial charge in [-0.05, 0) is 117 Å². The first-order valence-electron chi connectivity index (χ1n) is 21.3. The van der Waals surface area contributed by atoms with E-state index in [0.29, 0.717) is 0 Å². The van der Waals surface area contributed by atoms with Crippen molar-refractivity contribution in [3.63, 3.8) is 0 Å². The summed E-state index contributed by atoms with van der Waals surface area (Å²) in [5.41, 5.74) is 12.4. The van der Waals surface area contributed by atoms with E-state index in [0.717, 1.165) is 52.1 Å². The van der Waals surface area contributed by atoms with Crippen LogP contribution in [0, 0.1) is 0 Å². The second kappa shape index (κ2) is 13.1. The Bertz CT molecular complexity index is 2750. The molecule has 10 rings (SSSR count). The first-order chi connectivity index (χ1) is 28.0. The average Bonchev–Trinajstić information content (AvgIpc) is 3.58. The molecular weight excluding hydrogens is 737 g/mol. The highest BCUT2D eigenvalue weighted by molar-refractivity contribution is 7.33. The summed E-state index contributed by atoms with van der Waals surface area (Å²) in [4.78, 5) is 10.6. The zero-order valence-electron chi connectivity index (χ0n) is 36.2. The first kappa shape index (κ1) is 37.9. The Balaban J connectivity index is 1.33. The molecule has 296 valence electrons. The summed E-state index contributed by atoms with van der Waals surface area (Å²) < 4.78 is 9.78. The minimum Gasteiger partial charge on any atom is -0.458 e. The van der Waals surface area contributed by atoms with Gasteiger partial charge in [-0.3, -0.25) is 9.80 Å². The van der Waals surface area contributed by atoms with E-state index in [1.165, 1.54) is 54.7 Å². The molecule has 5 aromatic carbocycles. The number of pyridine rings is 1. The van der Waals surface area contributed by atoms with Crippen LogP contribution in [0.4, 0.5) is 34.4 Å². The Labute approximate surface area is 355 Å². The number of para-hydroxylation sites is 2. The van der Waals surface area contributed by atoms with Crippen molar-refractivity contribution in [3.8, 4) is 11.5 Å². The molecule has 4 nitrogen and oxygen atoms in total. The lowest BCUT2D eigenvalue weighted by atomic mass is 9.37. The number of ether oxygens (including phenoxy) is 1. The third-order valence-electron chi connectivity index (χ3n) is 13.3. The largest absolute Gasteiger partial charge is 0.458 e. The molecule has 0 saturated carbocycles. The minimum absolute atomic E-state index is 0.0147. The Morgan fingerprint density at radius 2 is 1.27 bits per heavy atom. The molecule has 0 atom stereocenters. The maximum atomic E-state index is 7.15. The van der Waals surface area contributed by atoms with Gasteiger partial charge in [0.15, 0.2) is 0 Å². The van der Waals surface area contributed by atoms with Gasteiger partial charge < -0.3 is 4.74 Å². The molecule has 0 fully saturated rings. The normalized spacial score (nSPS) is 16.2. The second-order valence-corrected chi connectivity index (χ2v) is 21.5. The molecule has 2 aromatic heterocycles. The molecule has 0 radical (unpaired) electrons. The predicted molar refractivity (Wildman–Crippen MR) is 253 cm³/mol. The van der Waals surface area contributed by atoms with Crippen molar-refractivity contribution in [2.75, 3.05) is 9.80 Å². The molecule has 0 unspecified atom stereocenters. The number of aromatic nitrogens is 1. The molecule has 0 N–H and O–H groups in total. The number of thiophene rings is 1. The zero-order chi connectivity index (χ0) is 41.2. The van der Waals surface area contributed by atoms with Crippen LogP contribution >= 0.6 is 11.3 Å². The minimum atomic E-state index is -0.0516. The highest BCUT2D eigenvalue weighted by Crippen LogP contribution is 2.51. The zero-order valence-corrected chi connectivity index (χ0v) is 37.0. The van der Waals surface area contributed by atoms with Gasteiger partial charge in [-0.1, -0.05) is 130 Å². The summed E-state index contributed by atoms with van der Waals surface area (Å²) >= 11 is 1.93. The maximum Gasteiger partial charge on any atom is 0.271 e. The van der Waals surface area contributed by atoms with Gasteiger partial charge in [0.05, 0.1) is 5.69 Å². The van der Waals surface area contributed by atoms with Crippen molar-refractivity contribution in [1.82, 2.24) is 4.98 Å². The third-order valence-corrected chi connectivity index (χ3v) is 14.5. The van der Waals surface area contributed by atoms with Gasteiger partial charge in [0.2, 0.25) is 0 Å². The van der Waals surface area contributed by atoms with Crippen LogP contribution in [0.25, 0.3) is 10.1 Å². The molecule has 59 heavy (non-hydrogen) atoms. The van der Waals surface area contributed by atoms with Crippen LogP contribution in [0.3, 0.4) is 0 Å². The Kier molecular flexibility index (Phi) is 8.41. The quantitative estimate of drug-likeness (QED) is 0.166. The molecule has 0 bridgehead atoms. The highest BCUT2D eigenvalue weighted by Gasteiger charge is 2.47. The summed E-state index contributed by atoms with van der Waals surface area (Å²) in [5, 5.41) is 1.28. The van der Waals surface area contributed by atoms with Crippen molar-refractivity contribution in [2.24, 2.45) is 0 Å². The highest BCUT2D eigenvalue weighted by atomic mass is 32.1. The fourth-order valence-corrected chi connectivity index (χ4v) is 11.0. The van der Waals surface area contributed by atoms with Gasteiger partial charge in [0.25, 0.3) is 6.71 Å². The van der Waals surface area contributed by atoms with Crippen LogP contribution in [0.1, 0.15) is 104 Å². The molecule has 4 heterocycles. The van der Waals surface area contributed by atoms with Crippen LogP contribution < -0.4 is 30.2 Å². The number of rotatable bonds is 4. The van der Waals surface area contributed by atoms with Gasteiger partial charge in [-0.25, -0.2) is 4.98 Å². The third kappa shape index (κ3) is 6.12. The Morgan fingerprint density at radius 3 is 1.92 bits per heavy atom. The Hall–Kier alpha value is -5.33. The summed E-state index contributed by atoms with van der Waals surface area (Å²) in [5.74, 6) is 3.50. The molecule has 7 aromatic rings. The van der Waals surface area contributed by atoms with Crippen LogP contribution in [-0.4, -0.2) is 11.7 Å². The molecule has 0 amide bonds. The number of hydrogen-bond acceptors (Lipinski definition) is 5. The van der Waals surface area contributed by atoms with E-state index >= 15 is 0 Å². The molecule has 0 spiro atoms. The van der Waals surface area contributed by atoms with Crippen LogP contribution in [0.2, 0.25) is 0 Å². The van der Waals surface area contributed by atoms with Gasteiger partial charge in [-0.2, -0.15) is 0 Å². The van der Waals surface area contributed by atoms with Crippen molar-refractivity contribution in [1.29, 1.82) is 0 Å². The van der Waals surface area contributed by atoms with E-state index < -0.39 is 0 Å². The van der Waals surface area contributed by atoms with Crippen LogP contribution in [0.5, 0.6) is 11.5 Å². The van der Waals surface area contributed by atoms with Crippen LogP contribution in [-0.2, 0) is 21.7 Å². The lowest BCUT2D eigenvalue weighted by molar-refractivity contribution is 0.332. The number of benzene rings is 5. The van der Waals surface area contributed by atoms with Crippen molar-refractivity contribution >= 4 is 78.2 Å². The Morgan fingerprint density at radius 1 is 0.661 bits per heavy atom. The predicted octanol–water partition coefficient (Wildman–Crippen LogP) is 13.1. The van der Waals surface area contributed by atoms with Crippen LogP contribution in [0.15, 0.2) is 121 Å². The standard InChI is InChI=1S/C53H54BN3OS/c1-50(2,3)33-22-26-44-38(29-33)47-48(59-44)54-41-30-34(51(4,5)6)21-25-42(41)58-43-32-45(56(35-17-13-11-14-18-35)36-19-15-12-16-20-36)55-49(46(43)54)57(47)37-23-24-39-40(31-37)53(9,10)28-27-52(39,7)8/h11-26,29-32H,27-28H2,1-10H3. The van der Waals surface area contributed by atoms with E-state index in [4.69, 9.17) is 9.72 Å². The van der Waals surface area contributed by atoms with Gasteiger partial charge >= 0.3 is 0 Å². The van der Waals surface area contributed by atoms with Crippen molar-refractivity contribution in [3.05, 3.63) is 144 Å². The van der Waals surface area contributed by atoms with E-state index in [1.807, 2.05) is 11.3 Å². The van der Waals surface area contributed by atoms with Gasteiger partial charge in [0.1, 0.15) is 23.1 Å². The fraction of sp³-hybridized carbons (Fsp3) is 0.302. The molecule has 2 aliphatic heterocycles. The smallest absolute Gasteiger partial charge is 0.271 e. The van der Waals surface area contributed by atoms with Gasteiger partial charge in [0, 0.05) is 43.5 Å². The monoisotopic (exact) mass is 791 g/mol. The van der Waals surface area contributed by atoms with Crippen molar-refractivity contribution < 1.29 is 4.74 Å². The van der Waals surface area contributed by atoms with E-state index in [2.05, 4.69) is 200 Å². The topological polar surface area (TPSA) is 28.6 Å². The number of hydrogen-bond donors (Lipinski definition) is 0. The lowest BCUT2D eigenvalue weighted by Gasteiger charge is -2.43. The van der Waals surface area contributed by atoms with E-state index in [-0.39, 0.29) is 28.4 Å². The number of anilines is 6. The summed E-state index contributed by atoms with van der Waals surface area (Å²) in [7, 11) is 0. The van der Waals surface area contributed by atoms with E-state index in [9.17, 15) is 0 Å². The molecule has 1 aliphatic carbocycles. The molecular formula is C53H54BN3OS. The van der Waals surface area contributed by atoms with Crippen molar-refractivity contribution in [2.45, 2.75) is 104 Å².